The van der Waals surface area contributed by atoms with E-state index in [1.54, 1.807) is 17.0 Å². The van der Waals surface area contributed by atoms with E-state index >= 15 is 0 Å². The van der Waals surface area contributed by atoms with Crippen LogP contribution < -0.4 is 4.90 Å². The molecule has 0 unspecified atom stereocenters. The largest absolute Gasteiger partial charge is 0.453 e. The Kier molecular flexibility index (Phi) is 3.53. The van der Waals surface area contributed by atoms with Crippen molar-refractivity contribution >= 4 is 17.2 Å². The topological polar surface area (TPSA) is 89.5 Å². The van der Waals surface area contributed by atoms with Gasteiger partial charge in [-0.15, -0.1) is 15.3 Å². The molecule has 1 aliphatic heterocycles. The Morgan fingerprint density at radius 2 is 1.92 bits per heavy atom. The Morgan fingerprint density at radius 1 is 1.12 bits per heavy atom. The van der Waals surface area contributed by atoms with Gasteiger partial charge in [0.2, 0.25) is 0 Å². The predicted octanol–water partition coefficient (Wildman–Crippen LogP) is 2.61. The minimum Gasteiger partial charge on any atom is -0.351 e. The predicted molar refractivity (Wildman–Crippen MR) is 83.6 cm³/mol. The number of nitrogens with zero attached hydrogens (tertiary/aromatic N) is 6. The first-order chi connectivity index (χ1) is 12.3. The number of hydrogen-bond acceptors (Lipinski definition) is 6. The van der Waals surface area contributed by atoms with Crippen molar-refractivity contribution in [3.05, 3.63) is 57.4 Å². The molecule has 2 aromatic heterocycles. The monoisotopic (exact) mass is 364 g/mol. The lowest BCUT2D eigenvalue weighted by atomic mass is 9.99. The van der Waals surface area contributed by atoms with Gasteiger partial charge < -0.3 is 4.90 Å². The lowest BCUT2D eigenvalue weighted by Gasteiger charge is -2.29. The summed E-state index contributed by atoms with van der Waals surface area (Å²) in [5.41, 5.74) is 1.71. The molecular weight excluding hydrogens is 353 g/mol. The Hall–Kier alpha value is -3.24. The number of nitro groups is 1. The van der Waals surface area contributed by atoms with Crippen molar-refractivity contribution in [2.45, 2.75) is 19.1 Å². The smallest absolute Gasteiger partial charge is 0.351 e. The summed E-state index contributed by atoms with van der Waals surface area (Å²) in [7, 11) is 0. The summed E-state index contributed by atoms with van der Waals surface area (Å²) in [6, 6.07) is 7.62. The first kappa shape index (κ1) is 16.2. The highest BCUT2D eigenvalue weighted by Gasteiger charge is 2.37. The number of aromatic nitrogens is 4. The van der Waals surface area contributed by atoms with E-state index in [2.05, 4.69) is 15.3 Å². The Labute approximate surface area is 144 Å². The van der Waals surface area contributed by atoms with Crippen LogP contribution in [-0.2, 0) is 19.1 Å². The van der Waals surface area contributed by atoms with Crippen molar-refractivity contribution in [2.75, 3.05) is 11.4 Å². The second-order valence-electron chi connectivity index (χ2n) is 5.86. The number of non-ortho nitro benzene ring substituents is 1. The molecule has 0 atom stereocenters. The number of halogens is 3. The lowest BCUT2D eigenvalue weighted by Crippen LogP contribution is -2.31. The molecule has 0 saturated heterocycles. The summed E-state index contributed by atoms with van der Waals surface area (Å²) in [6.45, 7) is 0.853. The number of nitro benzene ring substituents is 1. The van der Waals surface area contributed by atoms with Gasteiger partial charge in [0, 0.05) is 25.2 Å². The highest BCUT2D eigenvalue weighted by atomic mass is 19.4. The summed E-state index contributed by atoms with van der Waals surface area (Å²) in [6.07, 6.45) is -4.05. The van der Waals surface area contributed by atoms with Gasteiger partial charge in [0.25, 0.3) is 11.5 Å². The molecule has 1 aliphatic rings. The maximum Gasteiger partial charge on any atom is 0.453 e. The number of benzene rings is 1. The zero-order valence-electron chi connectivity index (χ0n) is 13.1. The molecule has 8 nitrogen and oxygen atoms in total. The van der Waals surface area contributed by atoms with Crippen LogP contribution in [-0.4, -0.2) is 31.3 Å². The molecule has 0 amide bonds. The fraction of sp³-hybridized carbons (Fsp3) is 0.267. The van der Waals surface area contributed by atoms with Crippen LogP contribution in [0.2, 0.25) is 0 Å². The SMILES string of the molecule is O=[N+]([O-])c1ccc2c(c1)CN(c1ccc3nnc(C(F)(F)F)n3n1)CC2. The Balaban J connectivity index is 1.70. The average molecular weight is 364 g/mol. The summed E-state index contributed by atoms with van der Waals surface area (Å²) < 4.78 is 39.7. The molecule has 0 N–H and O–H groups in total. The number of rotatable bonds is 2. The standard InChI is InChI=1S/C15H11F3N6O2/c16-15(17,18)14-20-19-12-3-4-13(21-23(12)14)22-6-5-9-1-2-11(24(25)26)7-10(9)8-22/h1-4,7H,5-6,8H2. The lowest BCUT2D eigenvalue weighted by molar-refractivity contribution is -0.384. The maximum atomic E-state index is 13.0. The van der Waals surface area contributed by atoms with E-state index in [9.17, 15) is 23.3 Å². The molecule has 0 radical (unpaired) electrons. The van der Waals surface area contributed by atoms with Crippen LogP contribution in [0.4, 0.5) is 24.7 Å². The van der Waals surface area contributed by atoms with Crippen LogP contribution in [0.15, 0.2) is 30.3 Å². The zero-order chi connectivity index (χ0) is 18.5. The molecule has 0 bridgehead atoms. The van der Waals surface area contributed by atoms with E-state index in [1.807, 2.05) is 0 Å². The van der Waals surface area contributed by atoms with Gasteiger partial charge in [-0.05, 0) is 29.7 Å². The fourth-order valence-corrected chi connectivity index (χ4v) is 2.98. The van der Waals surface area contributed by atoms with Crippen molar-refractivity contribution in [1.82, 2.24) is 19.8 Å². The molecule has 0 aliphatic carbocycles. The molecule has 0 saturated carbocycles. The van der Waals surface area contributed by atoms with E-state index in [-0.39, 0.29) is 11.3 Å². The molecular formula is C15H11F3N6O2. The van der Waals surface area contributed by atoms with Crippen molar-refractivity contribution in [3.8, 4) is 0 Å². The van der Waals surface area contributed by atoms with Gasteiger partial charge >= 0.3 is 6.18 Å². The average Bonchev–Trinajstić information content (AvgIpc) is 3.04. The van der Waals surface area contributed by atoms with Crippen LogP contribution in [0.5, 0.6) is 0 Å². The first-order valence-corrected chi connectivity index (χ1v) is 7.64. The van der Waals surface area contributed by atoms with Crippen LogP contribution in [0.3, 0.4) is 0 Å². The summed E-state index contributed by atoms with van der Waals surface area (Å²) in [5.74, 6) is -0.873. The Morgan fingerprint density at radius 3 is 2.65 bits per heavy atom. The Bertz CT molecular complexity index is 1020. The van der Waals surface area contributed by atoms with E-state index in [4.69, 9.17) is 0 Å². The van der Waals surface area contributed by atoms with Gasteiger partial charge in [-0.25, -0.2) is 0 Å². The minimum atomic E-state index is -4.67. The molecule has 1 aromatic carbocycles. The van der Waals surface area contributed by atoms with Crippen molar-refractivity contribution in [1.29, 1.82) is 0 Å². The molecule has 4 rings (SSSR count). The molecule has 3 heterocycles. The van der Waals surface area contributed by atoms with Gasteiger partial charge in [0.1, 0.15) is 5.82 Å². The number of fused-ring (bicyclic) bond motifs is 2. The molecule has 134 valence electrons. The highest BCUT2D eigenvalue weighted by molar-refractivity contribution is 5.50. The maximum absolute atomic E-state index is 13.0. The van der Waals surface area contributed by atoms with E-state index in [1.165, 1.54) is 18.2 Å². The third-order valence-electron chi connectivity index (χ3n) is 4.24. The first-order valence-electron chi connectivity index (χ1n) is 7.64. The number of anilines is 1. The normalized spacial score (nSPS) is 14.5. The quantitative estimate of drug-likeness (QED) is 0.513. The van der Waals surface area contributed by atoms with Crippen LogP contribution >= 0.6 is 0 Å². The molecule has 0 fully saturated rings. The minimum absolute atomic E-state index is 0.00544. The second kappa shape index (κ2) is 5.64. The second-order valence-corrected chi connectivity index (χ2v) is 5.86. The summed E-state index contributed by atoms with van der Waals surface area (Å²) >= 11 is 0. The fourth-order valence-electron chi connectivity index (χ4n) is 2.98. The van der Waals surface area contributed by atoms with E-state index < -0.39 is 16.9 Å². The van der Waals surface area contributed by atoms with Gasteiger partial charge in [0.15, 0.2) is 5.65 Å². The molecule has 26 heavy (non-hydrogen) atoms. The highest BCUT2D eigenvalue weighted by Crippen LogP contribution is 2.29. The third-order valence-corrected chi connectivity index (χ3v) is 4.24. The number of hydrogen-bond donors (Lipinski definition) is 0. The van der Waals surface area contributed by atoms with Crippen molar-refractivity contribution < 1.29 is 18.1 Å². The van der Waals surface area contributed by atoms with E-state index in [0.29, 0.717) is 29.8 Å². The van der Waals surface area contributed by atoms with Crippen molar-refractivity contribution in [3.63, 3.8) is 0 Å². The van der Waals surface area contributed by atoms with Crippen LogP contribution in [0.1, 0.15) is 17.0 Å². The molecule has 3 aromatic rings. The van der Waals surface area contributed by atoms with Gasteiger partial charge in [-0.2, -0.15) is 17.7 Å². The van der Waals surface area contributed by atoms with Gasteiger partial charge in [-0.3, -0.25) is 10.1 Å². The van der Waals surface area contributed by atoms with Gasteiger partial charge in [0.05, 0.1) is 4.92 Å². The third kappa shape index (κ3) is 2.70. The molecule has 0 spiro atoms. The van der Waals surface area contributed by atoms with E-state index in [0.717, 1.165) is 11.1 Å². The van der Waals surface area contributed by atoms with Crippen LogP contribution in [0, 0.1) is 10.1 Å². The van der Waals surface area contributed by atoms with Gasteiger partial charge in [-0.1, -0.05) is 6.07 Å². The molecule has 11 heteroatoms. The van der Waals surface area contributed by atoms with Crippen LogP contribution in [0.25, 0.3) is 5.65 Å². The summed E-state index contributed by atoms with van der Waals surface area (Å²) in [5, 5.41) is 21.6. The summed E-state index contributed by atoms with van der Waals surface area (Å²) in [4.78, 5) is 12.2. The van der Waals surface area contributed by atoms with Crippen molar-refractivity contribution in [2.24, 2.45) is 0 Å². The number of alkyl halides is 3. The zero-order valence-corrected chi connectivity index (χ0v) is 13.1.